The monoisotopic (exact) mass is 394 g/mol. The molecule has 0 aromatic carbocycles. The second kappa shape index (κ2) is 6.63. The van der Waals surface area contributed by atoms with Crippen LogP contribution in [0.2, 0.25) is 0 Å². The van der Waals surface area contributed by atoms with E-state index >= 15 is 0 Å². The van der Waals surface area contributed by atoms with E-state index in [1.165, 1.54) is 0 Å². The van der Waals surface area contributed by atoms with Gasteiger partial charge in [-0.05, 0) is 25.3 Å². The fourth-order valence-corrected chi connectivity index (χ4v) is 5.19. The Hall–Kier alpha value is -1.87. The summed E-state index contributed by atoms with van der Waals surface area (Å²) in [6.07, 6.45) is 3.25. The average Bonchev–Trinajstić information content (AvgIpc) is 2.89. The van der Waals surface area contributed by atoms with Gasteiger partial charge in [0.15, 0.2) is 0 Å². The van der Waals surface area contributed by atoms with Gasteiger partial charge in [-0.3, -0.25) is 8.98 Å². The summed E-state index contributed by atoms with van der Waals surface area (Å²) in [5.74, 6) is 1.68. The minimum absolute atomic E-state index is 0.145. The zero-order valence-corrected chi connectivity index (χ0v) is 16.8. The molecular weight excluding hydrogens is 368 g/mol. The fraction of sp³-hybridized carbons (Fsp3) is 0.667. The fourth-order valence-electron chi connectivity index (χ4n) is 4.54. The first-order valence-electron chi connectivity index (χ1n) is 9.36. The maximum absolute atomic E-state index is 12.7. The Bertz CT molecular complexity index is 859. The van der Waals surface area contributed by atoms with Crippen LogP contribution in [0.15, 0.2) is 12.1 Å². The number of piperidine rings is 2. The Kier molecular flexibility index (Phi) is 4.54. The number of carbonyl (C=O) groups is 1. The van der Waals surface area contributed by atoms with Crippen molar-refractivity contribution in [3.8, 4) is 0 Å². The van der Waals surface area contributed by atoms with Gasteiger partial charge in [0.25, 0.3) is 10.1 Å². The molecule has 8 nitrogen and oxygen atoms in total. The predicted molar refractivity (Wildman–Crippen MR) is 103 cm³/mol. The van der Waals surface area contributed by atoms with Crippen molar-refractivity contribution in [1.82, 2.24) is 9.88 Å². The number of aromatic nitrogens is 1. The number of likely N-dealkylation sites (N-methyl/N-ethyl adjacent to an activating group) is 2. The number of carbonyl (C=O) groups excluding carboxylic acids is 1. The molecule has 0 saturated carbocycles. The van der Waals surface area contributed by atoms with Crippen molar-refractivity contribution >= 4 is 27.7 Å². The molecule has 0 N–H and O–H groups in total. The number of rotatable bonds is 3. The molecule has 0 bridgehead atoms. The standard InChI is InChI=1S/C18H26N4O4S/c1-20-10-8-14-16(18(20)23)13-6-7-15(19-17(13)21(14)2)22-9-4-5-12(11-22)26-27(3,24)25/h6-7,12,14,16H,4-5,8-11H2,1-3H3/t12-,14?,16?/m0/s1. The van der Waals surface area contributed by atoms with Crippen LogP contribution in [0, 0.1) is 0 Å². The molecule has 3 atom stereocenters. The number of anilines is 2. The number of hydrogen-bond donors (Lipinski definition) is 0. The number of pyridine rings is 1. The van der Waals surface area contributed by atoms with Crippen molar-refractivity contribution in [1.29, 1.82) is 0 Å². The molecule has 3 aliphatic heterocycles. The molecule has 2 fully saturated rings. The minimum atomic E-state index is -3.47. The van der Waals surface area contributed by atoms with Gasteiger partial charge in [0.2, 0.25) is 5.91 Å². The molecule has 0 radical (unpaired) electrons. The average molecular weight is 394 g/mol. The molecule has 9 heteroatoms. The van der Waals surface area contributed by atoms with Gasteiger partial charge in [0.1, 0.15) is 11.6 Å². The highest BCUT2D eigenvalue weighted by molar-refractivity contribution is 7.86. The van der Waals surface area contributed by atoms with Crippen molar-refractivity contribution in [3.05, 3.63) is 17.7 Å². The molecule has 148 valence electrons. The maximum Gasteiger partial charge on any atom is 0.264 e. The third-order valence-electron chi connectivity index (χ3n) is 5.86. The first-order chi connectivity index (χ1) is 12.7. The molecule has 27 heavy (non-hydrogen) atoms. The van der Waals surface area contributed by atoms with Crippen molar-refractivity contribution < 1.29 is 17.4 Å². The van der Waals surface area contributed by atoms with Gasteiger partial charge in [-0.25, -0.2) is 4.98 Å². The zero-order chi connectivity index (χ0) is 19.3. The largest absolute Gasteiger partial charge is 0.355 e. The van der Waals surface area contributed by atoms with Gasteiger partial charge < -0.3 is 14.7 Å². The quantitative estimate of drug-likeness (QED) is 0.701. The molecular formula is C18H26N4O4S. The Morgan fingerprint density at radius 2 is 1.96 bits per heavy atom. The summed E-state index contributed by atoms with van der Waals surface area (Å²) >= 11 is 0. The summed E-state index contributed by atoms with van der Waals surface area (Å²) in [6, 6.07) is 4.12. The summed E-state index contributed by atoms with van der Waals surface area (Å²) in [7, 11) is 0.389. The molecule has 0 spiro atoms. The minimum Gasteiger partial charge on any atom is -0.355 e. The molecule has 1 amide bonds. The number of nitrogens with zero attached hydrogens (tertiary/aromatic N) is 4. The zero-order valence-electron chi connectivity index (χ0n) is 16.0. The van der Waals surface area contributed by atoms with Crippen LogP contribution in [0.25, 0.3) is 0 Å². The lowest BCUT2D eigenvalue weighted by atomic mass is 9.89. The van der Waals surface area contributed by atoms with E-state index in [0.29, 0.717) is 6.54 Å². The second-order valence-electron chi connectivity index (χ2n) is 7.80. The van der Waals surface area contributed by atoms with Crippen LogP contribution in [0.4, 0.5) is 11.6 Å². The summed E-state index contributed by atoms with van der Waals surface area (Å²) in [5, 5.41) is 0. The lowest BCUT2D eigenvalue weighted by molar-refractivity contribution is -0.134. The van der Waals surface area contributed by atoms with Crippen LogP contribution in [-0.2, 0) is 19.1 Å². The lowest BCUT2D eigenvalue weighted by Crippen LogP contribution is -2.47. The van der Waals surface area contributed by atoms with E-state index in [9.17, 15) is 13.2 Å². The maximum atomic E-state index is 12.7. The van der Waals surface area contributed by atoms with Crippen LogP contribution in [0.3, 0.4) is 0 Å². The van der Waals surface area contributed by atoms with E-state index in [2.05, 4.69) is 9.80 Å². The lowest BCUT2D eigenvalue weighted by Gasteiger charge is -2.34. The molecule has 0 aliphatic carbocycles. The van der Waals surface area contributed by atoms with Crippen LogP contribution in [-0.4, -0.2) is 76.3 Å². The summed E-state index contributed by atoms with van der Waals surface area (Å²) in [5.41, 5.74) is 0.990. The highest BCUT2D eigenvalue weighted by Crippen LogP contribution is 2.44. The number of likely N-dealkylation sites (tertiary alicyclic amines) is 1. The second-order valence-corrected chi connectivity index (χ2v) is 9.40. The number of amides is 1. The van der Waals surface area contributed by atoms with Crippen molar-refractivity contribution in [2.45, 2.75) is 37.3 Å². The molecule has 1 aromatic rings. The van der Waals surface area contributed by atoms with Crippen LogP contribution < -0.4 is 9.80 Å². The highest BCUT2D eigenvalue weighted by Gasteiger charge is 2.46. The SMILES string of the molecule is CN1CCC2C(C1=O)c1ccc(N3CCC[C@H](OS(C)(=O)=O)C3)nc1N2C. The van der Waals surface area contributed by atoms with Gasteiger partial charge in [-0.1, -0.05) is 6.07 Å². The Labute approximate surface area is 160 Å². The van der Waals surface area contributed by atoms with E-state index in [1.807, 2.05) is 26.2 Å². The summed E-state index contributed by atoms with van der Waals surface area (Å²) < 4.78 is 28.1. The predicted octanol–water partition coefficient (Wildman–Crippen LogP) is 0.791. The van der Waals surface area contributed by atoms with Crippen molar-refractivity contribution in [2.24, 2.45) is 0 Å². The number of hydrogen-bond acceptors (Lipinski definition) is 7. The molecule has 2 unspecified atom stereocenters. The topological polar surface area (TPSA) is 83.0 Å². The van der Waals surface area contributed by atoms with Gasteiger partial charge >= 0.3 is 0 Å². The highest BCUT2D eigenvalue weighted by atomic mass is 32.2. The van der Waals surface area contributed by atoms with E-state index in [-0.39, 0.29) is 24.0 Å². The van der Waals surface area contributed by atoms with E-state index in [0.717, 1.165) is 55.8 Å². The van der Waals surface area contributed by atoms with E-state index in [1.54, 1.807) is 4.90 Å². The Morgan fingerprint density at radius 3 is 2.70 bits per heavy atom. The molecule has 2 saturated heterocycles. The van der Waals surface area contributed by atoms with Gasteiger partial charge in [0.05, 0.1) is 18.3 Å². The van der Waals surface area contributed by atoms with Crippen LogP contribution in [0.1, 0.15) is 30.7 Å². The first-order valence-corrected chi connectivity index (χ1v) is 11.2. The molecule has 3 aliphatic rings. The third kappa shape index (κ3) is 3.38. The smallest absolute Gasteiger partial charge is 0.264 e. The van der Waals surface area contributed by atoms with Crippen LogP contribution >= 0.6 is 0 Å². The molecule has 4 heterocycles. The number of fused-ring (bicyclic) bond motifs is 3. The summed E-state index contributed by atoms with van der Waals surface area (Å²) in [4.78, 5) is 23.5. The normalized spacial score (nSPS) is 28.3. The molecule has 4 rings (SSSR count). The van der Waals surface area contributed by atoms with Crippen molar-refractivity contribution in [3.63, 3.8) is 0 Å². The first kappa shape index (κ1) is 18.5. The van der Waals surface area contributed by atoms with Gasteiger partial charge in [-0.15, -0.1) is 0 Å². The van der Waals surface area contributed by atoms with Crippen molar-refractivity contribution in [2.75, 3.05) is 49.8 Å². The summed E-state index contributed by atoms with van der Waals surface area (Å²) in [6.45, 7) is 2.08. The van der Waals surface area contributed by atoms with Crippen LogP contribution in [0.5, 0.6) is 0 Å². The van der Waals surface area contributed by atoms with Gasteiger partial charge in [-0.2, -0.15) is 8.42 Å². The Morgan fingerprint density at radius 1 is 1.19 bits per heavy atom. The third-order valence-corrected chi connectivity index (χ3v) is 6.48. The van der Waals surface area contributed by atoms with E-state index in [4.69, 9.17) is 9.17 Å². The molecule has 1 aromatic heterocycles. The Balaban J connectivity index is 1.59. The van der Waals surface area contributed by atoms with E-state index < -0.39 is 10.1 Å². The van der Waals surface area contributed by atoms with Gasteiger partial charge in [0, 0.05) is 45.3 Å².